The fraction of sp³-hybridized carbons (Fsp3) is 0.786. The van der Waals surface area contributed by atoms with Crippen LogP contribution < -0.4 is 0 Å². The van der Waals surface area contributed by atoms with Crippen molar-refractivity contribution in [2.45, 2.75) is 135 Å². The quantitative estimate of drug-likeness (QED) is 0.323. The Morgan fingerprint density at radius 1 is 0.897 bits per heavy atom. The summed E-state index contributed by atoms with van der Waals surface area (Å²) in [5.74, 6) is -1.37. The van der Waals surface area contributed by atoms with Crippen LogP contribution in [-0.2, 0) is 54.4 Å². The van der Waals surface area contributed by atoms with Crippen molar-refractivity contribution in [3.63, 3.8) is 0 Å². The summed E-state index contributed by atoms with van der Waals surface area (Å²) in [6.45, 7) is 16.6. The maximum Gasteiger partial charge on any atom is 0.490 e. The van der Waals surface area contributed by atoms with E-state index in [1.807, 2.05) is 55.4 Å². The highest BCUT2D eigenvalue weighted by atomic mass is 28.4. The fourth-order valence-corrected chi connectivity index (χ4v) is 9.36. The van der Waals surface area contributed by atoms with Gasteiger partial charge >= 0.3 is 8.80 Å². The van der Waals surface area contributed by atoms with E-state index in [-0.39, 0.29) is 36.6 Å². The van der Waals surface area contributed by atoms with Crippen LogP contribution in [0.3, 0.4) is 0 Å². The molecular weight excluding hydrogens is 536 g/mol. The molecule has 3 aliphatic rings. The Morgan fingerprint density at radius 3 is 2.10 bits per heavy atom. The molecular formula is C28H48O9Si2. The summed E-state index contributed by atoms with van der Waals surface area (Å²) in [7, 11) is -2.05. The first-order valence-corrected chi connectivity index (χ1v) is 17.0. The standard InChI is InChI=1S/C28H48O9Si2/c1-18(2)35-39(37-38,36-19(3)4)15-9-10-20-11-13-21(14-12-20)16-29-24-23(22-17-30-27(5,6)32-22)31-26-25(24)33-28(7,8)34-26/h11-14,18-19,22-26H,9-10,15-17H2,1-8,38H3/t22?,23-,24+,25-,26-/m1/s1. The molecule has 0 amide bonds. The number of fused-ring (bicyclic) bond motifs is 1. The summed E-state index contributed by atoms with van der Waals surface area (Å²) in [5, 5.41) is 0. The van der Waals surface area contributed by atoms with E-state index in [0.29, 0.717) is 23.7 Å². The molecule has 0 bridgehead atoms. The Morgan fingerprint density at radius 2 is 1.54 bits per heavy atom. The average Bonchev–Trinajstić information content (AvgIpc) is 3.46. The van der Waals surface area contributed by atoms with Crippen LogP contribution in [0.2, 0.25) is 6.04 Å². The third-order valence-electron chi connectivity index (χ3n) is 6.98. The molecule has 3 aliphatic heterocycles. The first-order chi connectivity index (χ1) is 18.3. The molecule has 0 N–H and O–H groups in total. The molecule has 1 aromatic carbocycles. The largest absolute Gasteiger partial charge is 0.490 e. The molecule has 3 saturated heterocycles. The van der Waals surface area contributed by atoms with Crippen molar-refractivity contribution >= 4 is 19.3 Å². The molecule has 222 valence electrons. The van der Waals surface area contributed by atoms with Gasteiger partial charge < -0.3 is 41.4 Å². The lowest BCUT2D eigenvalue weighted by molar-refractivity contribution is -0.236. The average molecular weight is 585 g/mol. The molecule has 9 nitrogen and oxygen atoms in total. The minimum absolute atomic E-state index is 0.0790. The van der Waals surface area contributed by atoms with E-state index in [9.17, 15) is 0 Å². The lowest BCUT2D eigenvalue weighted by Crippen LogP contribution is -2.48. The minimum atomic E-state index is -2.65. The number of ether oxygens (including phenoxy) is 6. The molecule has 1 aromatic rings. The van der Waals surface area contributed by atoms with Crippen molar-refractivity contribution in [1.29, 1.82) is 0 Å². The van der Waals surface area contributed by atoms with Crippen molar-refractivity contribution in [1.82, 2.24) is 0 Å². The molecule has 3 heterocycles. The molecule has 39 heavy (non-hydrogen) atoms. The third kappa shape index (κ3) is 8.19. The molecule has 1 unspecified atom stereocenters. The first kappa shape index (κ1) is 31.2. The lowest BCUT2D eigenvalue weighted by atomic mass is 10.1. The predicted octanol–water partition coefficient (Wildman–Crippen LogP) is 3.62. The summed E-state index contributed by atoms with van der Waals surface area (Å²) >= 11 is 0. The lowest BCUT2D eigenvalue weighted by Gasteiger charge is -2.32. The Bertz CT molecular complexity index is 914. The van der Waals surface area contributed by atoms with Gasteiger partial charge in [0.05, 0.1) is 13.2 Å². The fourth-order valence-electron chi connectivity index (χ4n) is 5.44. The van der Waals surface area contributed by atoms with E-state index in [1.165, 1.54) is 5.56 Å². The van der Waals surface area contributed by atoms with Crippen LogP contribution in [0.1, 0.15) is 72.9 Å². The van der Waals surface area contributed by atoms with E-state index in [2.05, 4.69) is 24.3 Å². The summed E-state index contributed by atoms with van der Waals surface area (Å²) in [6.07, 6.45) is 0.286. The van der Waals surface area contributed by atoms with Gasteiger partial charge in [0.15, 0.2) is 17.9 Å². The van der Waals surface area contributed by atoms with Gasteiger partial charge in [-0.2, -0.15) is 0 Å². The number of benzene rings is 1. The van der Waals surface area contributed by atoms with E-state index in [0.717, 1.165) is 24.4 Å². The van der Waals surface area contributed by atoms with E-state index >= 15 is 0 Å². The molecule has 0 aromatic heterocycles. The van der Waals surface area contributed by atoms with Gasteiger partial charge in [0, 0.05) is 18.3 Å². The van der Waals surface area contributed by atoms with Crippen molar-refractivity contribution in [2.75, 3.05) is 6.61 Å². The van der Waals surface area contributed by atoms with Gasteiger partial charge in [-0.1, -0.05) is 24.3 Å². The molecule has 11 heteroatoms. The number of hydrogen-bond acceptors (Lipinski definition) is 9. The van der Waals surface area contributed by atoms with Gasteiger partial charge in [-0.15, -0.1) is 0 Å². The summed E-state index contributed by atoms with van der Waals surface area (Å²) in [5.41, 5.74) is 2.35. The Labute approximate surface area is 238 Å². The highest BCUT2D eigenvalue weighted by molar-refractivity contribution is 6.64. The van der Waals surface area contributed by atoms with Crippen LogP contribution in [0.25, 0.3) is 0 Å². The number of aryl methyl sites for hydroxylation is 1. The topological polar surface area (TPSA) is 83.1 Å². The minimum Gasteiger partial charge on any atom is -0.424 e. The zero-order chi connectivity index (χ0) is 28.4. The van der Waals surface area contributed by atoms with Gasteiger partial charge in [0.25, 0.3) is 0 Å². The highest BCUT2D eigenvalue weighted by Crippen LogP contribution is 2.42. The van der Waals surface area contributed by atoms with Crippen LogP contribution >= 0.6 is 0 Å². The van der Waals surface area contributed by atoms with Crippen molar-refractivity contribution in [3.8, 4) is 0 Å². The maximum absolute atomic E-state index is 6.44. The number of rotatable bonds is 13. The Kier molecular flexibility index (Phi) is 10.1. The zero-order valence-electron chi connectivity index (χ0n) is 25.1. The van der Waals surface area contributed by atoms with E-state index in [1.54, 1.807) is 0 Å². The van der Waals surface area contributed by atoms with Crippen LogP contribution in [-0.4, -0.2) is 80.4 Å². The first-order valence-electron chi connectivity index (χ1n) is 14.2. The van der Waals surface area contributed by atoms with Crippen molar-refractivity contribution in [2.24, 2.45) is 0 Å². The molecule has 0 spiro atoms. The van der Waals surface area contributed by atoms with Crippen LogP contribution in [0, 0.1) is 0 Å². The van der Waals surface area contributed by atoms with Crippen LogP contribution in [0.4, 0.5) is 0 Å². The van der Waals surface area contributed by atoms with Gasteiger partial charge in [-0.25, -0.2) is 0 Å². The van der Waals surface area contributed by atoms with E-state index < -0.39 is 26.7 Å². The number of hydrogen-bond donors (Lipinski definition) is 0. The summed E-state index contributed by atoms with van der Waals surface area (Å²) in [4.78, 5) is 0. The second kappa shape index (κ2) is 12.7. The highest BCUT2D eigenvalue weighted by Gasteiger charge is 2.59. The van der Waals surface area contributed by atoms with Crippen LogP contribution in [0.15, 0.2) is 24.3 Å². The maximum atomic E-state index is 6.44. The second-order valence-corrected chi connectivity index (χ2v) is 16.1. The van der Waals surface area contributed by atoms with Gasteiger partial charge in [-0.05, 0) is 79.4 Å². The van der Waals surface area contributed by atoms with Gasteiger partial charge in [-0.3, -0.25) is 0 Å². The Balaban J connectivity index is 1.33. The smallest absolute Gasteiger partial charge is 0.424 e. The normalized spacial score (nSPS) is 30.1. The van der Waals surface area contributed by atoms with E-state index in [4.69, 9.17) is 41.4 Å². The van der Waals surface area contributed by atoms with Gasteiger partial charge in [0.2, 0.25) is 0 Å². The zero-order valence-corrected chi connectivity index (χ0v) is 28.1. The monoisotopic (exact) mass is 584 g/mol. The summed E-state index contributed by atoms with van der Waals surface area (Å²) in [6, 6.07) is 9.38. The molecule has 5 atom stereocenters. The second-order valence-electron chi connectivity index (χ2n) is 12.1. The summed E-state index contributed by atoms with van der Waals surface area (Å²) < 4.78 is 55.1. The molecule has 4 rings (SSSR count). The molecule has 0 radical (unpaired) electrons. The third-order valence-corrected chi connectivity index (χ3v) is 12.1. The molecule has 0 aliphatic carbocycles. The molecule has 3 fully saturated rings. The predicted molar refractivity (Wildman–Crippen MR) is 151 cm³/mol. The van der Waals surface area contributed by atoms with Crippen molar-refractivity contribution < 1.29 is 41.4 Å². The van der Waals surface area contributed by atoms with Crippen LogP contribution in [0.5, 0.6) is 0 Å². The Hall–Kier alpha value is -0.706. The van der Waals surface area contributed by atoms with Gasteiger partial charge in [0.1, 0.15) is 34.9 Å². The molecule has 0 saturated carbocycles. The SMILES string of the molecule is CC(C)O[Si](CCCc1ccc(CO[C@@H]2[C@H]3OC(C)(C)O[C@H]3O[C@@H]2C2COC(C)(C)O2)cc1)(O[SiH3])OC(C)C. The van der Waals surface area contributed by atoms with Crippen molar-refractivity contribution in [3.05, 3.63) is 35.4 Å².